The van der Waals surface area contributed by atoms with Crippen molar-refractivity contribution in [2.24, 2.45) is 0 Å². The van der Waals surface area contributed by atoms with E-state index >= 15 is 0 Å². The highest BCUT2D eigenvalue weighted by atomic mass is 32.1. The summed E-state index contributed by atoms with van der Waals surface area (Å²) in [5.74, 6) is 0.184. The molecule has 0 unspecified atom stereocenters. The first-order valence-electron chi connectivity index (χ1n) is 5.04. The number of carbonyl (C=O) groups excluding carboxylic acids is 1. The van der Waals surface area contributed by atoms with E-state index in [0.29, 0.717) is 13.0 Å². The lowest BCUT2D eigenvalue weighted by molar-refractivity contribution is -0.168. The molecule has 0 bridgehead atoms. The second-order valence-corrected chi connectivity index (χ2v) is 4.60. The Bertz CT molecular complexity index is 296. The molecule has 0 spiro atoms. The molecule has 0 N–H and O–H groups in total. The molecule has 4 heteroatoms. The highest BCUT2D eigenvalue weighted by Crippen LogP contribution is 2.11. The Morgan fingerprint density at radius 1 is 1.60 bits per heavy atom. The van der Waals surface area contributed by atoms with Crippen molar-refractivity contribution in [3.05, 3.63) is 22.4 Å². The summed E-state index contributed by atoms with van der Waals surface area (Å²) >= 11 is 1.49. The summed E-state index contributed by atoms with van der Waals surface area (Å²) in [6.45, 7) is 4.57. The Labute approximate surface area is 94.6 Å². The maximum atomic E-state index is 11.6. The number of rotatable bonds is 6. The lowest BCUT2D eigenvalue weighted by Gasteiger charge is -2.18. The molecular formula is C11H17NO2S. The summed E-state index contributed by atoms with van der Waals surface area (Å²) in [6.07, 6.45) is 0.663. The highest BCUT2D eigenvalue weighted by molar-refractivity contribution is 7.12. The molecule has 0 saturated carbocycles. The predicted octanol–water partition coefficient (Wildman–Crippen LogP) is 2.59. The van der Waals surface area contributed by atoms with Gasteiger partial charge in [0.05, 0.1) is 11.0 Å². The molecule has 0 aromatic carbocycles. The van der Waals surface area contributed by atoms with Gasteiger partial charge < -0.3 is 0 Å². The van der Waals surface area contributed by atoms with Crippen LogP contribution in [0.3, 0.4) is 0 Å². The monoisotopic (exact) mass is 227 g/mol. The fourth-order valence-corrected chi connectivity index (χ4v) is 1.93. The van der Waals surface area contributed by atoms with Crippen LogP contribution in [0.15, 0.2) is 17.5 Å². The number of hydrogen-bond acceptors (Lipinski definition) is 4. The number of Topliss-reactive ketones (excluding diaryl/α,β-unsaturated/α-hetero) is 1. The summed E-state index contributed by atoms with van der Waals surface area (Å²) in [7, 11) is 1.85. The molecule has 3 nitrogen and oxygen atoms in total. The van der Waals surface area contributed by atoms with Crippen molar-refractivity contribution in [3.8, 4) is 0 Å². The third-order valence-corrected chi connectivity index (χ3v) is 2.75. The van der Waals surface area contributed by atoms with Crippen LogP contribution < -0.4 is 0 Å². The second kappa shape index (κ2) is 6.00. The van der Waals surface area contributed by atoms with Gasteiger partial charge in [0.1, 0.15) is 0 Å². The molecule has 0 fully saturated rings. The zero-order valence-electron chi connectivity index (χ0n) is 9.40. The Morgan fingerprint density at radius 2 is 2.33 bits per heavy atom. The number of ketones is 1. The standard InChI is InChI=1S/C11H17NO2S/c1-9(2)14-12(3)7-6-10(13)11-5-4-8-15-11/h4-5,8-9H,6-7H2,1-3H3. The van der Waals surface area contributed by atoms with E-state index in [1.807, 2.05) is 38.4 Å². The Hall–Kier alpha value is -0.710. The SMILES string of the molecule is CC(C)ON(C)CCC(=O)c1cccs1. The molecule has 0 aliphatic carbocycles. The van der Waals surface area contributed by atoms with E-state index in [2.05, 4.69) is 0 Å². The van der Waals surface area contributed by atoms with Gasteiger partial charge in [0.25, 0.3) is 0 Å². The van der Waals surface area contributed by atoms with Crippen molar-refractivity contribution in [2.45, 2.75) is 26.4 Å². The molecule has 0 aliphatic heterocycles. The molecule has 0 amide bonds. The van der Waals surface area contributed by atoms with Gasteiger partial charge in [-0.15, -0.1) is 11.3 Å². The highest BCUT2D eigenvalue weighted by Gasteiger charge is 2.09. The summed E-state index contributed by atoms with van der Waals surface area (Å²) in [5, 5.41) is 3.64. The minimum absolute atomic E-state index is 0.159. The van der Waals surface area contributed by atoms with E-state index in [1.54, 1.807) is 5.06 Å². The van der Waals surface area contributed by atoms with Crippen LogP contribution in [0.5, 0.6) is 0 Å². The molecule has 15 heavy (non-hydrogen) atoms. The summed E-state index contributed by atoms with van der Waals surface area (Å²) in [4.78, 5) is 17.9. The molecule has 1 aromatic rings. The summed E-state index contributed by atoms with van der Waals surface area (Å²) in [6, 6.07) is 3.75. The van der Waals surface area contributed by atoms with E-state index in [-0.39, 0.29) is 11.9 Å². The van der Waals surface area contributed by atoms with E-state index in [9.17, 15) is 4.79 Å². The normalized spacial score (nSPS) is 11.3. The minimum atomic E-state index is 0.159. The lowest BCUT2D eigenvalue weighted by Crippen LogP contribution is -2.25. The van der Waals surface area contributed by atoms with Gasteiger partial charge in [-0.25, -0.2) is 0 Å². The van der Waals surface area contributed by atoms with Gasteiger partial charge in [-0.2, -0.15) is 5.06 Å². The Kier molecular flexibility index (Phi) is 4.94. The van der Waals surface area contributed by atoms with E-state index < -0.39 is 0 Å². The van der Waals surface area contributed by atoms with Gasteiger partial charge in [0.2, 0.25) is 0 Å². The minimum Gasteiger partial charge on any atom is -0.297 e. The van der Waals surface area contributed by atoms with Crippen molar-refractivity contribution >= 4 is 17.1 Å². The van der Waals surface area contributed by atoms with Crippen molar-refractivity contribution in [3.63, 3.8) is 0 Å². The number of hydroxylamine groups is 2. The first kappa shape index (κ1) is 12.4. The number of hydrogen-bond donors (Lipinski definition) is 0. The number of nitrogens with zero attached hydrogens (tertiary/aromatic N) is 1. The van der Waals surface area contributed by atoms with Crippen LogP contribution in [-0.2, 0) is 4.84 Å². The van der Waals surface area contributed by atoms with Crippen molar-refractivity contribution in [1.29, 1.82) is 0 Å². The first-order chi connectivity index (χ1) is 7.09. The Morgan fingerprint density at radius 3 is 2.87 bits per heavy atom. The molecule has 1 heterocycles. The maximum Gasteiger partial charge on any atom is 0.174 e. The van der Waals surface area contributed by atoms with Gasteiger partial charge in [0.15, 0.2) is 5.78 Å². The molecule has 0 saturated heterocycles. The molecular weight excluding hydrogens is 210 g/mol. The van der Waals surface area contributed by atoms with Crippen LogP contribution in [0, 0.1) is 0 Å². The smallest absolute Gasteiger partial charge is 0.174 e. The predicted molar refractivity (Wildman–Crippen MR) is 62.1 cm³/mol. The second-order valence-electron chi connectivity index (χ2n) is 3.66. The first-order valence-corrected chi connectivity index (χ1v) is 5.92. The lowest BCUT2D eigenvalue weighted by atomic mass is 10.2. The summed E-state index contributed by atoms with van der Waals surface area (Å²) in [5.41, 5.74) is 0. The average molecular weight is 227 g/mol. The van der Waals surface area contributed by atoms with Crippen LogP contribution in [-0.4, -0.2) is 30.5 Å². The number of carbonyl (C=O) groups is 1. The van der Waals surface area contributed by atoms with Crippen LogP contribution in [0.4, 0.5) is 0 Å². The molecule has 1 rings (SSSR count). The quantitative estimate of drug-likeness (QED) is 0.552. The largest absolute Gasteiger partial charge is 0.297 e. The fourth-order valence-electron chi connectivity index (χ4n) is 1.23. The third-order valence-electron chi connectivity index (χ3n) is 1.84. The van der Waals surface area contributed by atoms with Crippen LogP contribution in [0.1, 0.15) is 29.9 Å². The van der Waals surface area contributed by atoms with Crippen LogP contribution in [0.2, 0.25) is 0 Å². The molecule has 84 valence electrons. The Balaban J connectivity index is 2.28. The van der Waals surface area contributed by atoms with Gasteiger partial charge in [-0.3, -0.25) is 9.63 Å². The van der Waals surface area contributed by atoms with E-state index in [0.717, 1.165) is 4.88 Å². The van der Waals surface area contributed by atoms with E-state index in [4.69, 9.17) is 4.84 Å². The van der Waals surface area contributed by atoms with Crippen molar-refractivity contribution < 1.29 is 9.63 Å². The number of thiophene rings is 1. The third kappa shape index (κ3) is 4.55. The molecule has 0 aliphatic rings. The van der Waals surface area contributed by atoms with Crippen molar-refractivity contribution in [1.82, 2.24) is 5.06 Å². The summed E-state index contributed by atoms with van der Waals surface area (Å²) < 4.78 is 0. The van der Waals surface area contributed by atoms with Gasteiger partial charge >= 0.3 is 0 Å². The van der Waals surface area contributed by atoms with Crippen LogP contribution in [0.25, 0.3) is 0 Å². The van der Waals surface area contributed by atoms with Gasteiger partial charge in [-0.1, -0.05) is 6.07 Å². The molecule has 1 aromatic heterocycles. The molecule has 0 atom stereocenters. The average Bonchev–Trinajstić information content (AvgIpc) is 2.65. The zero-order chi connectivity index (χ0) is 11.3. The molecule has 0 radical (unpaired) electrons. The topological polar surface area (TPSA) is 29.5 Å². The zero-order valence-corrected chi connectivity index (χ0v) is 10.2. The van der Waals surface area contributed by atoms with E-state index in [1.165, 1.54) is 11.3 Å². The van der Waals surface area contributed by atoms with Crippen LogP contribution >= 0.6 is 11.3 Å². The van der Waals surface area contributed by atoms with Gasteiger partial charge in [-0.05, 0) is 25.3 Å². The van der Waals surface area contributed by atoms with Gasteiger partial charge in [0, 0.05) is 20.0 Å². The van der Waals surface area contributed by atoms with Crippen molar-refractivity contribution in [2.75, 3.05) is 13.6 Å². The maximum absolute atomic E-state index is 11.6. The fraction of sp³-hybridized carbons (Fsp3) is 0.545.